The van der Waals surface area contributed by atoms with Gasteiger partial charge in [0.15, 0.2) is 0 Å². The molecule has 0 radical (unpaired) electrons. The van der Waals surface area contributed by atoms with Gasteiger partial charge >= 0.3 is 0 Å². The predicted octanol–water partition coefficient (Wildman–Crippen LogP) is 3.08. The molecule has 1 unspecified atom stereocenters. The van der Waals surface area contributed by atoms with Gasteiger partial charge in [0, 0.05) is 11.5 Å². The zero-order valence-electron chi connectivity index (χ0n) is 10.1. The molecule has 0 heterocycles. The molecule has 1 heteroatoms. The molecule has 1 atom stereocenters. The van der Waals surface area contributed by atoms with Crippen LogP contribution in [0.1, 0.15) is 48.8 Å². The highest BCUT2D eigenvalue weighted by atomic mass is 14.7. The van der Waals surface area contributed by atoms with Crippen molar-refractivity contribution < 1.29 is 0 Å². The fourth-order valence-electron chi connectivity index (χ4n) is 3.92. The predicted molar refractivity (Wildman–Crippen MR) is 67.6 cm³/mol. The Bertz CT molecular complexity index is 402. The first-order valence-electron chi connectivity index (χ1n) is 6.58. The second kappa shape index (κ2) is 3.59. The summed E-state index contributed by atoms with van der Waals surface area (Å²) in [5.74, 6) is 0. The molecule has 0 aromatic heterocycles. The van der Waals surface area contributed by atoms with Gasteiger partial charge in [-0.2, -0.15) is 0 Å². The highest BCUT2D eigenvalue weighted by molar-refractivity contribution is 5.44. The maximum absolute atomic E-state index is 6.44. The molecule has 1 aromatic rings. The van der Waals surface area contributed by atoms with E-state index in [0.717, 1.165) is 0 Å². The van der Waals surface area contributed by atoms with Crippen molar-refractivity contribution in [3.05, 3.63) is 34.9 Å². The first-order valence-corrected chi connectivity index (χ1v) is 6.58. The third-order valence-electron chi connectivity index (χ3n) is 4.86. The van der Waals surface area contributed by atoms with E-state index in [1.54, 1.807) is 11.1 Å². The number of hydrogen-bond acceptors (Lipinski definition) is 1. The molecule has 0 saturated heterocycles. The van der Waals surface area contributed by atoms with Crippen molar-refractivity contribution in [3.63, 3.8) is 0 Å². The van der Waals surface area contributed by atoms with E-state index < -0.39 is 0 Å². The normalized spacial score (nSPS) is 27.0. The van der Waals surface area contributed by atoms with E-state index in [0.29, 0.717) is 11.5 Å². The zero-order valence-corrected chi connectivity index (χ0v) is 10.1. The molecule has 1 spiro atoms. The largest absolute Gasteiger partial charge is 0.327 e. The van der Waals surface area contributed by atoms with Gasteiger partial charge < -0.3 is 5.73 Å². The highest BCUT2D eigenvalue weighted by Gasteiger charge is 2.44. The van der Waals surface area contributed by atoms with Gasteiger partial charge in [0.05, 0.1) is 0 Å². The van der Waals surface area contributed by atoms with Crippen molar-refractivity contribution in [2.45, 2.75) is 56.9 Å². The number of aryl methyl sites for hydroxylation is 1. The van der Waals surface area contributed by atoms with Crippen LogP contribution in [0.4, 0.5) is 0 Å². The Balaban J connectivity index is 2.17. The summed E-state index contributed by atoms with van der Waals surface area (Å²) in [5, 5.41) is 0. The van der Waals surface area contributed by atoms with Crippen molar-refractivity contribution in [2.75, 3.05) is 0 Å². The Kier molecular flexibility index (Phi) is 2.32. The van der Waals surface area contributed by atoms with Gasteiger partial charge in [-0.25, -0.2) is 0 Å². The van der Waals surface area contributed by atoms with Crippen LogP contribution in [0.15, 0.2) is 18.2 Å². The smallest absolute Gasteiger partial charge is 0.0140 e. The van der Waals surface area contributed by atoms with Crippen LogP contribution in [0.3, 0.4) is 0 Å². The number of rotatable bonds is 0. The van der Waals surface area contributed by atoms with Crippen molar-refractivity contribution in [1.82, 2.24) is 0 Å². The summed E-state index contributed by atoms with van der Waals surface area (Å²) in [6.07, 6.45) is 7.71. The molecule has 1 fully saturated rings. The lowest BCUT2D eigenvalue weighted by Crippen LogP contribution is -2.47. The summed E-state index contributed by atoms with van der Waals surface area (Å²) in [7, 11) is 0. The number of benzene rings is 1. The van der Waals surface area contributed by atoms with Gasteiger partial charge in [-0.3, -0.25) is 0 Å². The van der Waals surface area contributed by atoms with Crippen molar-refractivity contribution >= 4 is 0 Å². The van der Waals surface area contributed by atoms with Crippen LogP contribution in [0.25, 0.3) is 0 Å². The molecular weight excluding hydrogens is 194 g/mol. The van der Waals surface area contributed by atoms with Crippen LogP contribution < -0.4 is 5.73 Å². The fraction of sp³-hybridized carbons (Fsp3) is 0.600. The maximum Gasteiger partial charge on any atom is 0.0140 e. The summed E-state index contributed by atoms with van der Waals surface area (Å²) in [6.45, 7) is 2.25. The highest BCUT2D eigenvalue weighted by Crippen LogP contribution is 2.48. The molecule has 0 bridgehead atoms. The van der Waals surface area contributed by atoms with Crippen molar-refractivity contribution in [3.8, 4) is 0 Å². The Morgan fingerprint density at radius 3 is 2.75 bits per heavy atom. The molecule has 0 amide bonds. The molecule has 16 heavy (non-hydrogen) atoms. The molecule has 2 aliphatic carbocycles. The Labute approximate surface area is 98.0 Å². The third kappa shape index (κ3) is 1.27. The van der Waals surface area contributed by atoms with Crippen LogP contribution >= 0.6 is 0 Å². The van der Waals surface area contributed by atoms with Gasteiger partial charge in [0.25, 0.3) is 0 Å². The topological polar surface area (TPSA) is 26.0 Å². The average molecular weight is 215 g/mol. The first kappa shape index (κ1) is 10.3. The van der Waals surface area contributed by atoms with E-state index in [2.05, 4.69) is 25.1 Å². The number of hydrogen-bond donors (Lipinski definition) is 1. The Morgan fingerprint density at radius 1 is 1.25 bits per heavy atom. The van der Waals surface area contributed by atoms with Gasteiger partial charge in [-0.1, -0.05) is 31.0 Å². The summed E-state index contributed by atoms with van der Waals surface area (Å²) >= 11 is 0. The number of fused-ring (bicyclic) bond motifs is 2. The molecule has 2 aliphatic rings. The molecule has 3 rings (SSSR count). The van der Waals surface area contributed by atoms with Crippen molar-refractivity contribution in [1.29, 1.82) is 0 Å². The van der Waals surface area contributed by atoms with E-state index in [9.17, 15) is 0 Å². The van der Waals surface area contributed by atoms with E-state index in [-0.39, 0.29) is 0 Å². The summed E-state index contributed by atoms with van der Waals surface area (Å²) in [5.41, 5.74) is 11.4. The summed E-state index contributed by atoms with van der Waals surface area (Å²) in [4.78, 5) is 0. The van der Waals surface area contributed by atoms with Crippen LogP contribution in [0.2, 0.25) is 0 Å². The quantitative estimate of drug-likeness (QED) is 0.707. The molecule has 86 valence electrons. The second-order valence-electron chi connectivity index (χ2n) is 5.61. The fourth-order valence-corrected chi connectivity index (χ4v) is 3.92. The lowest BCUT2D eigenvalue weighted by Gasteiger charge is -2.42. The van der Waals surface area contributed by atoms with E-state index in [4.69, 9.17) is 5.73 Å². The van der Waals surface area contributed by atoms with E-state index in [1.807, 2.05) is 0 Å². The molecular formula is C15H21N. The SMILES string of the molecule is Cc1cccc2c1CCC(N)C21CCCC1. The lowest BCUT2D eigenvalue weighted by atomic mass is 9.65. The lowest BCUT2D eigenvalue weighted by molar-refractivity contribution is 0.313. The van der Waals surface area contributed by atoms with E-state index in [1.165, 1.54) is 44.1 Å². The molecule has 1 nitrogen and oxygen atoms in total. The zero-order chi connectivity index (χ0) is 11.2. The van der Waals surface area contributed by atoms with Gasteiger partial charge in [0.1, 0.15) is 0 Å². The van der Waals surface area contributed by atoms with Gasteiger partial charge in [-0.15, -0.1) is 0 Å². The standard InChI is InChI=1S/C15H21N/c1-11-5-4-6-13-12(11)7-8-14(16)15(13)9-2-3-10-15/h4-6,14H,2-3,7-10,16H2,1H3. The van der Waals surface area contributed by atoms with E-state index >= 15 is 0 Å². The van der Waals surface area contributed by atoms with Crippen LogP contribution in [-0.2, 0) is 11.8 Å². The Morgan fingerprint density at radius 2 is 2.00 bits per heavy atom. The van der Waals surface area contributed by atoms with Crippen LogP contribution in [-0.4, -0.2) is 6.04 Å². The second-order valence-corrected chi connectivity index (χ2v) is 5.61. The summed E-state index contributed by atoms with van der Waals surface area (Å²) in [6, 6.07) is 7.20. The molecule has 1 aromatic carbocycles. The Hall–Kier alpha value is -0.820. The van der Waals surface area contributed by atoms with Crippen molar-refractivity contribution in [2.24, 2.45) is 5.73 Å². The van der Waals surface area contributed by atoms with Crippen LogP contribution in [0.5, 0.6) is 0 Å². The first-order chi connectivity index (χ1) is 7.74. The monoisotopic (exact) mass is 215 g/mol. The third-order valence-corrected chi connectivity index (χ3v) is 4.86. The molecule has 0 aliphatic heterocycles. The average Bonchev–Trinajstić information content (AvgIpc) is 2.75. The van der Waals surface area contributed by atoms with Gasteiger partial charge in [0.2, 0.25) is 0 Å². The van der Waals surface area contributed by atoms with Gasteiger partial charge in [-0.05, 0) is 49.3 Å². The maximum atomic E-state index is 6.44. The minimum atomic E-state index is 0.333. The molecule has 2 N–H and O–H groups in total. The van der Waals surface area contributed by atoms with Crippen LogP contribution in [0, 0.1) is 6.92 Å². The molecule has 1 saturated carbocycles. The minimum absolute atomic E-state index is 0.333. The number of nitrogens with two attached hydrogens (primary N) is 1. The minimum Gasteiger partial charge on any atom is -0.327 e. The summed E-state index contributed by atoms with van der Waals surface area (Å²) < 4.78 is 0.